The van der Waals surface area contributed by atoms with Gasteiger partial charge in [0.2, 0.25) is 23.6 Å². The molecule has 2 fully saturated rings. The lowest BCUT2D eigenvalue weighted by Crippen LogP contribution is -2.48. The van der Waals surface area contributed by atoms with Crippen molar-refractivity contribution in [1.29, 1.82) is 0 Å². The topological polar surface area (TPSA) is 129 Å². The fourth-order valence-corrected chi connectivity index (χ4v) is 5.97. The molecule has 4 rings (SSSR count). The van der Waals surface area contributed by atoms with Gasteiger partial charge in [-0.15, -0.1) is 0 Å². The number of halogens is 2. The number of likely N-dealkylation sites (tertiary alicyclic amines) is 1. The lowest BCUT2D eigenvalue weighted by molar-refractivity contribution is -0.119. The Morgan fingerprint density at radius 3 is 2.36 bits per heavy atom. The number of piperidine rings is 1. The summed E-state index contributed by atoms with van der Waals surface area (Å²) in [5, 5.41) is 3.97. The largest absolute Gasteiger partial charge is 0.419 e. The van der Waals surface area contributed by atoms with E-state index in [4.69, 9.17) is 38.7 Å². The van der Waals surface area contributed by atoms with Crippen molar-refractivity contribution in [3.8, 4) is 17.1 Å². The second-order valence-corrected chi connectivity index (χ2v) is 12.3. The number of carbonyl (C=O) groups excluding carboxylic acids is 2. The SMILES string of the molecule is C=N/C(=C\N=C(/C)N1CCN(CCC(N)=O)CC1)Oc1cc(CN2CCC(CNC(C)=O)CC2)cc(-c2cc(Cl)cc(Cl)c2)n1. The van der Waals surface area contributed by atoms with Crippen molar-refractivity contribution in [3.63, 3.8) is 0 Å². The molecule has 1 aromatic heterocycles. The van der Waals surface area contributed by atoms with Gasteiger partial charge in [0.25, 0.3) is 0 Å². The first-order valence-corrected chi connectivity index (χ1v) is 15.9. The molecule has 2 saturated heterocycles. The number of nitrogens with zero attached hydrogens (tertiary/aromatic N) is 6. The Labute approximate surface area is 275 Å². The Kier molecular flexibility index (Phi) is 12.8. The van der Waals surface area contributed by atoms with Gasteiger partial charge < -0.3 is 20.7 Å². The molecule has 1 aromatic carbocycles. The maximum absolute atomic E-state index is 11.3. The van der Waals surface area contributed by atoms with Crippen molar-refractivity contribution in [1.82, 2.24) is 25.0 Å². The molecular weight excluding hydrogens is 615 g/mol. The van der Waals surface area contributed by atoms with E-state index in [0.717, 1.165) is 75.6 Å². The maximum Gasteiger partial charge on any atom is 0.239 e. The first-order valence-electron chi connectivity index (χ1n) is 15.2. The molecule has 0 saturated carbocycles. The summed E-state index contributed by atoms with van der Waals surface area (Å²) in [4.78, 5) is 42.6. The minimum atomic E-state index is -0.284. The fourth-order valence-electron chi connectivity index (χ4n) is 5.45. The summed E-state index contributed by atoms with van der Waals surface area (Å²) >= 11 is 12.6. The van der Waals surface area contributed by atoms with E-state index in [1.807, 2.05) is 31.2 Å². The Bertz CT molecular complexity index is 1400. The molecule has 0 spiro atoms. The number of carbonyl (C=O) groups is 2. The predicted molar refractivity (Wildman–Crippen MR) is 180 cm³/mol. The van der Waals surface area contributed by atoms with Gasteiger partial charge in [-0.1, -0.05) is 23.2 Å². The third-order valence-electron chi connectivity index (χ3n) is 8.00. The highest BCUT2D eigenvalue weighted by molar-refractivity contribution is 6.35. The average Bonchev–Trinajstić information content (AvgIpc) is 3.01. The Morgan fingerprint density at radius 2 is 1.73 bits per heavy atom. The molecular formula is C32H42Cl2N8O3. The number of amidine groups is 1. The van der Waals surface area contributed by atoms with Gasteiger partial charge in [0.05, 0.1) is 11.9 Å². The van der Waals surface area contributed by atoms with E-state index >= 15 is 0 Å². The van der Waals surface area contributed by atoms with Gasteiger partial charge >= 0.3 is 0 Å². The summed E-state index contributed by atoms with van der Waals surface area (Å²) in [6.45, 7) is 14.3. The highest BCUT2D eigenvalue weighted by Gasteiger charge is 2.21. The number of benzene rings is 1. The first kappa shape index (κ1) is 34.4. The lowest BCUT2D eigenvalue weighted by Gasteiger charge is -2.35. The number of hydrogen-bond donors (Lipinski definition) is 2. The third-order valence-corrected chi connectivity index (χ3v) is 8.44. The monoisotopic (exact) mass is 656 g/mol. The first-order chi connectivity index (χ1) is 21.6. The van der Waals surface area contributed by atoms with Gasteiger partial charge in [0.15, 0.2) is 0 Å². The van der Waals surface area contributed by atoms with Crippen LogP contribution in [-0.4, -0.2) is 96.4 Å². The number of aliphatic imine (C=N–C) groups is 2. The number of amides is 2. The van der Waals surface area contributed by atoms with E-state index in [9.17, 15) is 9.59 Å². The molecule has 45 heavy (non-hydrogen) atoms. The van der Waals surface area contributed by atoms with Crippen molar-refractivity contribution in [2.45, 2.75) is 39.7 Å². The molecule has 11 nitrogen and oxygen atoms in total. The number of pyridine rings is 1. The van der Waals surface area contributed by atoms with Gasteiger partial charge in [0.1, 0.15) is 5.84 Å². The Hall–Kier alpha value is -3.51. The van der Waals surface area contributed by atoms with Crippen LogP contribution in [0.4, 0.5) is 0 Å². The van der Waals surface area contributed by atoms with Crippen LogP contribution in [0.1, 0.15) is 38.7 Å². The minimum Gasteiger partial charge on any atom is -0.419 e. The normalized spacial score (nSPS) is 17.3. The number of rotatable bonds is 12. The molecule has 3 N–H and O–H groups in total. The fraction of sp³-hybridized carbons (Fsp3) is 0.469. The molecule has 2 aromatic rings. The second-order valence-electron chi connectivity index (χ2n) is 11.5. The van der Waals surface area contributed by atoms with Crippen molar-refractivity contribution in [3.05, 3.63) is 58.0 Å². The standard InChI is InChI=1S/C32H42Cl2N8O3/c1-22(42-12-10-40(11-13-42)9-6-30(35)44)37-20-32(36-3)45-31-15-25(14-29(39-31)26-16-27(33)18-28(34)17-26)21-41-7-4-24(5-8-41)19-38-23(2)43/h14-18,20,24H,3-13,19,21H2,1-2H3,(H2,35,44)(H,38,43)/b32-20+,37-22+. The number of nitrogens with one attached hydrogen (secondary N) is 1. The van der Waals surface area contributed by atoms with Crippen molar-refractivity contribution >= 4 is 47.6 Å². The summed E-state index contributed by atoms with van der Waals surface area (Å²) in [5.41, 5.74) is 7.75. The number of piperazine rings is 1. The molecule has 0 unspecified atom stereocenters. The molecule has 0 aliphatic carbocycles. The summed E-state index contributed by atoms with van der Waals surface area (Å²) in [7, 11) is 0. The summed E-state index contributed by atoms with van der Waals surface area (Å²) < 4.78 is 6.12. The molecule has 3 heterocycles. The van der Waals surface area contributed by atoms with E-state index in [0.29, 0.717) is 47.0 Å². The highest BCUT2D eigenvalue weighted by Crippen LogP contribution is 2.30. The minimum absolute atomic E-state index is 0.00947. The zero-order chi connectivity index (χ0) is 32.3. The molecule has 0 radical (unpaired) electrons. The molecule has 0 atom stereocenters. The maximum atomic E-state index is 11.3. The van der Waals surface area contributed by atoms with Crippen LogP contribution in [0.15, 0.2) is 52.4 Å². The number of aromatic nitrogens is 1. The van der Waals surface area contributed by atoms with Crippen molar-refractivity contribution in [2.75, 3.05) is 52.4 Å². The zero-order valence-electron chi connectivity index (χ0n) is 26.0. The molecule has 242 valence electrons. The van der Waals surface area contributed by atoms with Crippen LogP contribution in [0.25, 0.3) is 11.3 Å². The smallest absolute Gasteiger partial charge is 0.239 e. The van der Waals surface area contributed by atoms with Gasteiger partial charge in [-0.2, -0.15) is 0 Å². The average molecular weight is 658 g/mol. The summed E-state index contributed by atoms with van der Waals surface area (Å²) in [6, 6.07) is 9.25. The second kappa shape index (κ2) is 16.7. The van der Waals surface area contributed by atoms with E-state index in [1.165, 1.54) is 0 Å². The van der Waals surface area contributed by atoms with Gasteiger partial charge in [0, 0.05) is 80.8 Å². The molecule has 2 aliphatic heterocycles. The van der Waals surface area contributed by atoms with Gasteiger partial charge in [-0.25, -0.2) is 15.0 Å². The van der Waals surface area contributed by atoms with Crippen LogP contribution in [0.3, 0.4) is 0 Å². The summed E-state index contributed by atoms with van der Waals surface area (Å²) in [6.07, 6.45) is 3.93. The zero-order valence-corrected chi connectivity index (χ0v) is 27.5. The van der Waals surface area contributed by atoms with Crippen LogP contribution in [0.5, 0.6) is 5.88 Å². The van der Waals surface area contributed by atoms with Crippen LogP contribution in [0.2, 0.25) is 10.0 Å². The lowest BCUT2D eigenvalue weighted by atomic mass is 9.96. The predicted octanol–water partition coefficient (Wildman–Crippen LogP) is 4.19. The van der Waals surface area contributed by atoms with E-state index in [-0.39, 0.29) is 17.7 Å². The summed E-state index contributed by atoms with van der Waals surface area (Å²) in [5.74, 6) is 1.60. The Morgan fingerprint density at radius 1 is 1.04 bits per heavy atom. The van der Waals surface area contributed by atoms with Gasteiger partial charge in [-0.3, -0.25) is 19.4 Å². The molecule has 13 heteroatoms. The number of ether oxygens (including phenoxy) is 1. The van der Waals surface area contributed by atoms with E-state index in [2.05, 4.69) is 36.7 Å². The van der Waals surface area contributed by atoms with Crippen LogP contribution < -0.4 is 15.8 Å². The van der Waals surface area contributed by atoms with E-state index in [1.54, 1.807) is 19.2 Å². The molecule has 2 amide bonds. The van der Waals surface area contributed by atoms with Crippen LogP contribution in [-0.2, 0) is 16.1 Å². The number of nitrogens with two attached hydrogens (primary N) is 1. The Balaban J connectivity index is 1.48. The van der Waals surface area contributed by atoms with Crippen LogP contribution in [0, 0.1) is 5.92 Å². The number of hydrogen-bond acceptors (Lipinski definition) is 8. The van der Waals surface area contributed by atoms with Crippen molar-refractivity contribution in [2.24, 2.45) is 21.6 Å². The molecule has 0 bridgehead atoms. The van der Waals surface area contributed by atoms with E-state index < -0.39 is 0 Å². The third kappa shape index (κ3) is 11.1. The van der Waals surface area contributed by atoms with Crippen LogP contribution >= 0.6 is 23.2 Å². The highest BCUT2D eigenvalue weighted by atomic mass is 35.5. The molecule has 2 aliphatic rings. The van der Waals surface area contributed by atoms with Gasteiger partial charge in [-0.05, 0) is 75.3 Å². The quantitative estimate of drug-likeness (QED) is 0.199. The number of primary amides is 1. The van der Waals surface area contributed by atoms with Crippen molar-refractivity contribution < 1.29 is 14.3 Å².